The van der Waals surface area contributed by atoms with Crippen molar-refractivity contribution in [3.63, 3.8) is 0 Å². The van der Waals surface area contributed by atoms with Crippen molar-refractivity contribution in [1.29, 1.82) is 0 Å². The molecule has 0 radical (unpaired) electrons. The summed E-state index contributed by atoms with van der Waals surface area (Å²) in [5, 5.41) is 2.92. The highest BCUT2D eigenvalue weighted by atomic mass is 79.9. The van der Waals surface area contributed by atoms with E-state index in [1.807, 2.05) is 13.0 Å². The highest BCUT2D eigenvalue weighted by Crippen LogP contribution is 2.30. The molecule has 1 aromatic carbocycles. The molecule has 0 fully saturated rings. The van der Waals surface area contributed by atoms with E-state index in [1.165, 1.54) is 0 Å². The van der Waals surface area contributed by atoms with Crippen LogP contribution in [0.2, 0.25) is 0 Å². The van der Waals surface area contributed by atoms with Crippen molar-refractivity contribution in [3.05, 3.63) is 22.2 Å². The van der Waals surface area contributed by atoms with Crippen LogP contribution in [0.4, 0.5) is 11.4 Å². The van der Waals surface area contributed by atoms with Crippen molar-refractivity contribution >= 4 is 33.2 Å². The van der Waals surface area contributed by atoms with Crippen LogP contribution in [0.5, 0.6) is 0 Å². The fraction of sp³-hybridized carbons (Fsp3) is 0.533. The topological polar surface area (TPSA) is 55.1 Å². The predicted molar refractivity (Wildman–Crippen MR) is 85.2 cm³/mol. The monoisotopic (exact) mass is 326 g/mol. The lowest BCUT2D eigenvalue weighted by Gasteiger charge is -2.26. The van der Waals surface area contributed by atoms with E-state index in [4.69, 9.17) is 5.73 Å². The number of anilines is 2. The van der Waals surface area contributed by atoms with Gasteiger partial charge >= 0.3 is 0 Å². The Morgan fingerprint density at radius 2 is 2.00 bits per heavy atom. The van der Waals surface area contributed by atoms with Crippen LogP contribution in [0.15, 0.2) is 16.6 Å². The second-order valence-electron chi connectivity index (χ2n) is 6.21. The molecule has 0 aliphatic heterocycles. The third kappa shape index (κ3) is 4.53. The average Bonchev–Trinajstić information content (AvgIpc) is 2.21. The van der Waals surface area contributed by atoms with Gasteiger partial charge in [0.05, 0.1) is 11.4 Å². The first-order valence-electron chi connectivity index (χ1n) is 6.46. The van der Waals surface area contributed by atoms with Gasteiger partial charge in [-0.3, -0.25) is 4.79 Å². The summed E-state index contributed by atoms with van der Waals surface area (Å²) in [7, 11) is 0. The number of hydrogen-bond donors (Lipinski definition) is 2. The van der Waals surface area contributed by atoms with Crippen LogP contribution in [0.1, 0.15) is 39.7 Å². The molecule has 0 spiro atoms. The van der Waals surface area contributed by atoms with Crippen LogP contribution in [0.25, 0.3) is 0 Å². The summed E-state index contributed by atoms with van der Waals surface area (Å²) in [5.41, 5.74) is 8.33. The first-order valence-corrected chi connectivity index (χ1v) is 7.26. The summed E-state index contributed by atoms with van der Waals surface area (Å²) in [6.07, 6.45) is 0.498. The van der Waals surface area contributed by atoms with Crippen LogP contribution < -0.4 is 11.1 Å². The van der Waals surface area contributed by atoms with E-state index in [1.54, 1.807) is 6.07 Å². The number of benzene rings is 1. The maximum Gasteiger partial charge on any atom is 0.224 e. The third-order valence-electron chi connectivity index (χ3n) is 3.57. The van der Waals surface area contributed by atoms with Gasteiger partial charge in [-0.05, 0) is 36.0 Å². The third-order valence-corrected chi connectivity index (χ3v) is 4.02. The molecule has 1 aromatic rings. The van der Waals surface area contributed by atoms with Crippen LogP contribution in [-0.2, 0) is 4.79 Å². The van der Waals surface area contributed by atoms with Crippen molar-refractivity contribution in [2.75, 3.05) is 11.1 Å². The molecular formula is C15H23BrN2O. The Hall–Kier alpha value is -1.03. The number of nitrogens with two attached hydrogens (primary N) is 1. The predicted octanol–water partition coefficient (Wildman–Crippen LogP) is 4.35. The average molecular weight is 327 g/mol. The molecule has 0 saturated carbocycles. The highest BCUT2D eigenvalue weighted by Gasteiger charge is 2.23. The summed E-state index contributed by atoms with van der Waals surface area (Å²) in [5.74, 6) is 0.323. The molecule has 1 rings (SSSR count). The zero-order valence-electron chi connectivity index (χ0n) is 12.3. The minimum absolute atomic E-state index is 0.0135. The molecule has 1 unspecified atom stereocenters. The smallest absolute Gasteiger partial charge is 0.224 e. The molecule has 0 aliphatic carbocycles. The maximum atomic E-state index is 12.1. The van der Waals surface area contributed by atoms with Gasteiger partial charge in [-0.2, -0.15) is 0 Å². The highest BCUT2D eigenvalue weighted by molar-refractivity contribution is 9.10. The number of halogens is 1. The first-order chi connectivity index (χ1) is 8.61. The maximum absolute atomic E-state index is 12.1. The lowest BCUT2D eigenvalue weighted by Crippen LogP contribution is -2.24. The van der Waals surface area contributed by atoms with E-state index in [2.05, 4.69) is 48.9 Å². The van der Waals surface area contributed by atoms with Gasteiger partial charge in [0.2, 0.25) is 5.91 Å². The number of amides is 1. The fourth-order valence-corrected chi connectivity index (χ4v) is 2.30. The number of nitrogens with one attached hydrogen (secondary N) is 1. The van der Waals surface area contributed by atoms with Crippen LogP contribution in [-0.4, -0.2) is 5.91 Å². The summed E-state index contributed by atoms with van der Waals surface area (Å²) in [6.45, 7) is 10.5. The molecule has 0 heterocycles. The van der Waals surface area contributed by atoms with Gasteiger partial charge in [-0.25, -0.2) is 0 Å². The minimum Gasteiger partial charge on any atom is -0.397 e. The molecule has 4 heteroatoms. The van der Waals surface area contributed by atoms with Crippen LogP contribution in [0, 0.1) is 18.3 Å². The van der Waals surface area contributed by atoms with Crippen molar-refractivity contribution in [2.24, 2.45) is 11.3 Å². The number of carbonyl (C=O) groups excluding carboxylic acids is 1. The van der Waals surface area contributed by atoms with E-state index in [0.717, 1.165) is 10.0 Å². The second kappa shape index (κ2) is 5.95. The zero-order chi connectivity index (χ0) is 14.8. The van der Waals surface area contributed by atoms with Gasteiger partial charge in [0.15, 0.2) is 0 Å². The SMILES string of the molecule is Cc1cc(Br)cc(N)c1NC(=O)CC(C)C(C)(C)C. The van der Waals surface area contributed by atoms with E-state index >= 15 is 0 Å². The van der Waals surface area contributed by atoms with Crippen molar-refractivity contribution in [2.45, 2.75) is 41.0 Å². The molecule has 0 aliphatic rings. The normalized spacial score (nSPS) is 13.2. The zero-order valence-corrected chi connectivity index (χ0v) is 13.9. The standard InChI is InChI=1S/C15H23BrN2O/c1-9-6-11(16)8-12(17)14(9)18-13(19)7-10(2)15(3,4)5/h6,8,10H,7,17H2,1-5H3,(H,18,19). The Morgan fingerprint density at radius 1 is 1.42 bits per heavy atom. The summed E-state index contributed by atoms with van der Waals surface area (Å²) < 4.78 is 0.920. The first kappa shape index (κ1) is 16.0. The quantitative estimate of drug-likeness (QED) is 0.811. The van der Waals surface area contributed by atoms with Crippen LogP contribution in [0.3, 0.4) is 0 Å². The minimum atomic E-state index is 0.0135. The molecule has 0 bridgehead atoms. The van der Waals surface area contributed by atoms with Crippen molar-refractivity contribution < 1.29 is 4.79 Å². The molecule has 0 saturated heterocycles. The van der Waals surface area contributed by atoms with Gasteiger partial charge in [0, 0.05) is 10.9 Å². The van der Waals surface area contributed by atoms with Crippen LogP contribution >= 0.6 is 15.9 Å². The number of carbonyl (C=O) groups is 1. The largest absolute Gasteiger partial charge is 0.397 e. The Labute approximate surface area is 124 Å². The summed E-state index contributed by atoms with van der Waals surface area (Å²) in [6, 6.07) is 3.75. The lowest BCUT2D eigenvalue weighted by atomic mass is 9.80. The van der Waals surface area contributed by atoms with Gasteiger partial charge in [-0.15, -0.1) is 0 Å². The second-order valence-corrected chi connectivity index (χ2v) is 7.12. The Morgan fingerprint density at radius 3 is 2.47 bits per heavy atom. The van der Waals surface area contributed by atoms with Crippen molar-refractivity contribution in [3.8, 4) is 0 Å². The fourth-order valence-electron chi connectivity index (χ4n) is 1.71. The van der Waals surface area contributed by atoms with Gasteiger partial charge < -0.3 is 11.1 Å². The Bertz CT molecular complexity index is 455. The number of rotatable bonds is 3. The Balaban J connectivity index is 2.79. The van der Waals surface area contributed by atoms with E-state index in [0.29, 0.717) is 23.7 Å². The summed E-state index contributed by atoms with van der Waals surface area (Å²) in [4.78, 5) is 12.1. The molecule has 106 valence electrons. The molecule has 1 amide bonds. The van der Waals surface area contributed by atoms with E-state index in [-0.39, 0.29) is 11.3 Å². The number of hydrogen-bond acceptors (Lipinski definition) is 2. The van der Waals surface area contributed by atoms with E-state index < -0.39 is 0 Å². The molecule has 0 aromatic heterocycles. The molecule has 1 atom stereocenters. The van der Waals surface area contributed by atoms with Gasteiger partial charge in [-0.1, -0.05) is 43.6 Å². The molecule has 3 nitrogen and oxygen atoms in total. The molecule has 3 N–H and O–H groups in total. The van der Waals surface area contributed by atoms with E-state index in [9.17, 15) is 4.79 Å². The summed E-state index contributed by atoms with van der Waals surface area (Å²) >= 11 is 3.39. The Kier molecular flexibility index (Phi) is 5.02. The number of nitrogen functional groups attached to an aromatic ring is 1. The van der Waals surface area contributed by atoms with Gasteiger partial charge in [0.1, 0.15) is 0 Å². The number of aryl methyl sites for hydroxylation is 1. The molecule has 19 heavy (non-hydrogen) atoms. The lowest BCUT2D eigenvalue weighted by molar-refractivity contribution is -0.117. The molecular weight excluding hydrogens is 304 g/mol. The van der Waals surface area contributed by atoms with Gasteiger partial charge in [0.25, 0.3) is 0 Å². The van der Waals surface area contributed by atoms with Crippen molar-refractivity contribution in [1.82, 2.24) is 0 Å².